The van der Waals surface area contributed by atoms with Crippen LogP contribution in [0.5, 0.6) is 0 Å². The lowest BCUT2D eigenvalue weighted by Gasteiger charge is -1.97. The Morgan fingerprint density at radius 3 is 3.00 bits per heavy atom. The van der Waals surface area contributed by atoms with E-state index in [1.807, 2.05) is 0 Å². The largest absolute Gasteiger partial charge is 0.478 e. The zero-order chi connectivity index (χ0) is 10.3. The third-order valence-corrected chi connectivity index (χ3v) is 1.83. The Kier molecular flexibility index (Phi) is 1.63. The number of fused-ring (bicyclic) bond motifs is 1. The minimum absolute atomic E-state index is 0.0462. The second-order valence-corrected chi connectivity index (χ2v) is 2.86. The van der Waals surface area contributed by atoms with Crippen molar-refractivity contribution in [3.63, 3.8) is 0 Å². The summed E-state index contributed by atoms with van der Waals surface area (Å²) in [6.07, 6.45) is 0. The second kappa shape index (κ2) is 2.69. The van der Waals surface area contributed by atoms with E-state index < -0.39 is 5.97 Å². The van der Waals surface area contributed by atoms with Crippen molar-refractivity contribution >= 4 is 22.9 Å². The fourth-order valence-corrected chi connectivity index (χ4v) is 1.26. The van der Waals surface area contributed by atoms with Gasteiger partial charge >= 0.3 is 5.97 Å². The molecule has 0 saturated carbocycles. The summed E-state index contributed by atoms with van der Waals surface area (Å²) in [5.74, 6) is -1.03. The molecule has 0 bridgehead atoms. The van der Waals surface area contributed by atoms with Crippen LogP contribution in [0.1, 0.15) is 16.1 Å². The fraction of sp³-hybridized carbons (Fsp3) is 0.125. The molecule has 0 saturated heterocycles. The van der Waals surface area contributed by atoms with Crippen LogP contribution in [-0.4, -0.2) is 21.2 Å². The summed E-state index contributed by atoms with van der Waals surface area (Å²) in [5, 5.41) is 12.6. The summed E-state index contributed by atoms with van der Waals surface area (Å²) in [6.45, 7) is 1.67. The number of rotatable bonds is 1. The van der Waals surface area contributed by atoms with Gasteiger partial charge in [-0.2, -0.15) is 0 Å². The monoisotopic (exact) mass is 193 g/mol. The van der Waals surface area contributed by atoms with E-state index in [9.17, 15) is 4.79 Å². The van der Waals surface area contributed by atoms with E-state index in [0.29, 0.717) is 5.69 Å². The smallest absolute Gasteiger partial charge is 0.336 e. The third-order valence-electron chi connectivity index (χ3n) is 1.83. The zero-order valence-corrected chi connectivity index (χ0v) is 7.31. The van der Waals surface area contributed by atoms with Gasteiger partial charge in [-0.3, -0.25) is 0 Å². The van der Waals surface area contributed by atoms with E-state index in [2.05, 4.69) is 10.1 Å². The summed E-state index contributed by atoms with van der Waals surface area (Å²) in [5.41, 5.74) is 6.22. The quantitative estimate of drug-likeness (QED) is 0.694. The van der Waals surface area contributed by atoms with Crippen molar-refractivity contribution in [1.82, 2.24) is 10.1 Å². The van der Waals surface area contributed by atoms with Gasteiger partial charge in [-0.05, 0) is 13.0 Å². The van der Waals surface area contributed by atoms with Crippen LogP contribution in [0.15, 0.2) is 10.6 Å². The first-order chi connectivity index (χ1) is 6.59. The predicted molar refractivity (Wildman–Crippen MR) is 47.9 cm³/mol. The summed E-state index contributed by atoms with van der Waals surface area (Å²) in [6, 6.07) is 1.43. The SMILES string of the molecule is Cc1cc(C(=O)O)c2c(N)noc2n1. The van der Waals surface area contributed by atoms with Crippen molar-refractivity contribution in [1.29, 1.82) is 0 Å². The Bertz CT molecular complexity index is 518. The van der Waals surface area contributed by atoms with E-state index in [4.69, 9.17) is 15.4 Å². The van der Waals surface area contributed by atoms with Crippen molar-refractivity contribution < 1.29 is 14.4 Å². The lowest BCUT2D eigenvalue weighted by atomic mass is 10.1. The molecule has 6 heteroatoms. The standard InChI is InChI=1S/C8H7N3O3/c1-3-2-4(8(12)13)5-6(9)11-14-7(5)10-3/h2H,1H3,(H2,9,11)(H,12,13). The van der Waals surface area contributed by atoms with Crippen LogP contribution in [0.4, 0.5) is 5.82 Å². The molecule has 0 fully saturated rings. The van der Waals surface area contributed by atoms with Crippen LogP contribution in [0, 0.1) is 6.92 Å². The molecule has 6 nitrogen and oxygen atoms in total. The Balaban J connectivity index is 2.90. The highest BCUT2D eigenvalue weighted by atomic mass is 16.5. The topological polar surface area (TPSA) is 102 Å². The lowest BCUT2D eigenvalue weighted by molar-refractivity contribution is 0.0699. The van der Waals surface area contributed by atoms with Crippen LogP contribution in [0.3, 0.4) is 0 Å². The van der Waals surface area contributed by atoms with Crippen LogP contribution in [-0.2, 0) is 0 Å². The first-order valence-corrected chi connectivity index (χ1v) is 3.85. The Morgan fingerprint density at radius 1 is 1.64 bits per heavy atom. The van der Waals surface area contributed by atoms with Gasteiger partial charge in [0.2, 0.25) is 0 Å². The van der Waals surface area contributed by atoms with Crippen molar-refractivity contribution in [3.05, 3.63) is 17.3 Å². The van der Waals surface area contributed by atoms with Crippen molar-refractivity contribution in [2.75, 3.05) is 5.73 Å². The Labute approximate surface area is 78.3 Å². The molecule has 0 aliphatic carbocycles. The zero-order valence-electron chi connectivity index (χ0n) is 7.31. The van der Waals surface area contributed by atoms with Crippen LogP contribution >= 0.6 is 0 Å². The van der Waals surface area contributed by atoms with Gasteiger partial charge in [-0.15, -0.1) is 0 Å². The summed E-state index contributed by atoms with van der Waals surface area (Å²) < 4.78 is 4.77. The number of nitrogens with zero attached hydrogens (tertiary/aromatic N) is 2. The molecule has 0 radical (unpaired) electrons. The number of nitrogen functional groups attached to an aromatic ring is 1. The predicted octanol–water partition coefficient (Wildman–Crippen LogP) is 0.812. The number of hydrogen-bond donors (Lipinski definition) is 2. The highest BCUT2D eigenvalue weighted by Crippen LogP contribution is 2.23. The lowest BCUT2D eigenvalue weighted by Crippen LogP contribution is -2.00. The average molecular weight is 193 g/mol. The second-order valence-electron chi connectivity index (χ2n) is 2.86. The van der Waals surface area contributed by atoms with E-state index in [0.717, 1.165) is 0 Å². The minimum Gasteiger partial charge on any atom is -0.478 e. The van der Waals surface area contributed by atoms with Crippen molar-refractivity contribution in [3.8, 4) is 0 Å². The van der Waals surface area contributed by atoms with Gasteiger partial charge in [0, 0.05) is 5.69 Å². The molecule has 3 N–H and O–H groups in total. The first kappa shape index (κ1) is 8.49. The van der Waals surface area contributed by atoms with Crippen LogP contribution in [0.25, 0.3) is 11.1 Å². The maximum atomic E-state index is 10.9. The molecule has 2 aromatic rings. The third kappa shape index (κ3) is 1.08. The number of carboxylic acids is 1. The molecule has 2 rings (SSSR count). The van der Waals surface area contributed by atoms with Crippen molar-refractivity contribution in [2.45, 2.75) is 6.92 Å². The van der Waals surface area contributed by atoms with E-state index in [1.54, 1.807) is 6.92 Å². The molecule has 0 aliphatic heterocycles. The highest BCUT2D eigenvalue weighted by molar-refractivity contribution is 6.05. The van der Waals surface area contributed by atoms with E-state index in [1.165, 1.54) is 6.07 Å². The number of hydrogen-bond acceptors (Lipinski definition) is 5. The summed E-state index contributed by atoms with van der Waals surface area (Å²) >= 11 is 0. The van der Waals surface area contributed by atoms with Gasteiger partial charge < -0.3 is 15.4 Å². The maximum absolute atomic E-state index is 10.9. The van der Waals surface area contributed by atoms with Gasteiger partial charge in [0.1, 0.15) is 0 Å². The summed E-state index contributed by atoms with van der Waals surface area (Å²) in [7, 11) is 0. The average Bonchev–Trinajstić information content (AvgIpc) is 2.46. The molecule has 2 heterocycles. The molecular formula is C8H7N3O3. The summed E-state index contributed by atoms with van der Waals surface area (Å²) in [4.78, 5) is 14.8. The first-order valence-electron chi connectivity index (χ1n) is 3.85. The molecule has 72 valence electrons. The molecule has 0 aromatic carbocycles. The van der Waals surface area contributed by atoms with Gasteiger partial charge in [0.15, 0.2) is 5.82 Å². The molecule has 0 spiro atoms. The van der Waals surface area contributed by atoms with Crippen molar-refractivity contribution in [2.24, 2.45) is 0 Å². The highest BCUT2D eigenvalue weighted by Gasteiger charge is 2.17. The van der Waals surface area contributed by atoms with Gasteiger partial charge in [0.05, 0.1) is 10.9 Å². The number of carbonyl (C=O) groups is 1. The molecule has 0 unspecified atom stereocenters. The van der Waals surface area contributed by atoms with Gasteiger partial charge in [-0.1, -0.05) is 5.16 Å². The molecule has 14 heavy (non-hydrogen) atoms. The molecule has 0 amide bonds. The van der Waals surface area contributed by atoms with E-state index in [-0.39, 0.29) is 22.5 Å². The minimum atomic E-state index is -1.07. The number of aromatic nitrogens is 2. The number of carboxylic acid groups (broad SMARTS) is 1. The Morgan fingerprint density at radius 2 is 2.36 bits per heavy atom. The molecule has 0 atom stereocenters. The maximum Gasteiger partial charge on any atom is 0.336 e. The van der Waals surface area contributed by atoms with Gasteiger partial charge in [0.25, 0.3) is 5.71 Å². The number of pyridine rings is 1. The number of anilines is 1. The molecule has 0 aliphatic rings. The normalized spacial score (nSPS) is 10.6. The Hall–Kier alpha value is -2.11. The van der Waals surface area contributed by atoms with Crippen LogP contribution in [0.2, 0.25) is 0 Å². The van der Waals surface area contributed by atoms with Crippen LogP contribution < -0.4 is 5.73 Å². The number of aryl methyl sites for hydroxylation is 1. The van der Waals surface area contributed by atoms with Gasteiger partial charge in [-0.25, -0.2) is 9.78 Å². The number of aromatic carboxylic acids is 1. The molecule has 2 aromatic heterocycles. The molecular weight excluding hydrogens is 186 g/mol. The number of nitrogens with two attached hydrogens (primary N) is 1. The van der Waals surface area contributed by atoms with E-state index >= 15 is 0 Å². The fourth-order valence-electron chi connectivity index (χ4n) is 1.26.